The fourth-order valence-electron chi connectivity index (χ4n) is 4.46. The van der Waals surface area contributed by atoms with E-state index in [0.717, 1.165) is 29.0 Å². The molecule has 1 aliphatic rings. The average Bonchev–Trinajstić information content (AvgIpc) is 2.73. The van der Waals surface area contributed by atoms with Crippen molar-refractivity contribution in [2.75, 3.05) is 0 Å². The van der Waals surface area contributed by atoms with Crippen LogP contribution in [0.5, 0.6) is 0 Å². The standard InChI is InChI=1S/C24H19F6N/c25-23(26,27)18-12-15(13-19(14-18)24(28,29)30)11-17-8-9-21-20(7-4-10-31-21)22(17)16-5-2-1-3-6-16/h1-7,10,12-14,17,22H,8-9,11H2. The fourth-order valence-corrected chi connectivity index (χ4v) is 4.46. The Morgan fingerprint density at radius 1 is 0.806 bits per heavy atom. The molecule has 2 aromatic carbocycles. The molecule has 0 amide bonds. The summed E-state index contributed by atoms with van der Waals surface area (Å²) in [5.41, 5.74) is 0.378. The van der Waals surface area contributed by atoms with E-state index < -0.39 is 23.5 Å². The van der Waals surface area contributed by atoms with Gasteiger partial charge in [-0.2, -0.15) is 26.3 Å². The van der Waals surface area contributed by atoms with E-state index >= 15 is 0 Å². The van der Waals surface area contributed by atoms with Gasteiger partial charge in [-0.25, -0.2) is 0 Å². The van der Waals surface area contributed by atoms with Gasteiger partial charge in [-0.1, -0.05) is 36.4 Å². The summed E-state index contributed by atoms with van der Waals surface area (Å²) in [4.78, 5) is 4.43. The lowest BCUT2D eigenvalue weighted by molar-refractivity contribution is -0.143. The van der Waals surface area contributed by atoms with Gasteiger partial charge in [-0.3, -0.25) is 4.98 Å². The minimum atomic E-state index is -4.85. The average molecular weight is 435 g/mol. The molecule has 4 rings (SSSR count). The number of pyridine rings is 1. The lowest BCUT2D eigenvalue weighted by Crippen LogP contribution is -2.25. The first kappa shape index (κ1) is 21.4. The smallest absolute Gasteiger partial charge is 0.261 e. The van der Waals surface area contributed by atoms with Crippen molar-refractivity contribution >= 4 is 0 Å². The molecule has 0 N–H and O–H groups in total. The minimum absolute atomic E-state index is 0.0421. The van der Waals surface area contributed by atoms with Crippen LogP contribution in [0.4, 0.5) is 26.3 Å². The molecule has 1 heterocycles. The summed E-state index contributed by atoms with van der Waals surface area (Å²) in [5, 5.41) is 0. The van der Waals surface area contributed by atoms with Crippen molar-refractivity contribution < 1.29 is 26.3 Å². The van der Waals surface area contributed by atoms with Crippen molar-refractivity contribution in [1.29, 1.82) is 0 Å². The van der Waals surface area contributed by atoms with Crippen LogP contribution in [-0.2, 0) is 25.2 Å². The van der Waals surface area contributed by atoms with E-state index in [1.165, 1.54) is 0 Å². The zero-order valence-electron chi connectivity index (χ0n) is 16.3. The summed E-state index contributed by atoms with van der Waals surface area (Å²) in [5.74, 6) is -0.300. The van der Waals surface area contributed by atoms with E-state index in [1.54, 1.807) is 6.20 Å². The Morgan fingerprint density at radius 3 is 2.06 bits per heavy atom. The predicted molar refractivity (Wildman–Crippen MR) is 104 cm³/mol. The molecule has 0 fully saturated rings. The number of halogens is 6. The van der Waals surface area contributed by atoms with Crippen LogP contribution in [0.1, 0.15) is 45.8 Å². The number of benzene rings is 2. The second-order valence-corrected chi connectivity index (χ2v) is 7.84. The first-order valence-corrected chi connectivity index (χ1v) is 9.90. The molecule has 0 saturated carbocycles. The molecule has 1 aromatic heterocycles. The molecule has 2 atom stereocenters. The highest BCUT2D eigenvalue weighted by Crippen LogP contribution is 2.43. The number of fused-ring (bicyclic) bond motifs is 1. The Bertz CT molecular complexity index is 1020. The van der Waals surface area contributed by atoms with Crippen molar-refractivity contribution in [1.82, 2.24) is 4.98 Å². The van der Waals surface area contributed by atoms with E-state index in [2.05, 4.69) is 4.98 Å². The highest BCUT2D eigenvalue weighted by molar-refractivity contribution is 5.40. The van der Waals surface area contributed by atoms with Gasteiger partial charge in [0, 0.05) is 17.8 Å². The topological polar surface area (TPSA) is 12.9 Å². The first-order chi connectivity index (χ1) is 14.6. The summed E-state index contributed by atoms with van der Waals surface area (Å²) >= 11 is 0. The Labute approximate surface area is 175 Å². The zero-order valence-corrected chi connectivity index (χ0v) is 16.3. The maximum atomic E-state index is 13.3. The van der Waals surface area contributed by atoms with Crippen LogP contribution in [0.2, 0.25) is 0 Å². The molecule has 1 nitrogen and oxygen atoms in total. The van der Waals surface area contributed by atoms with Gasteiger partial charge in [0.05, 0.1) is 11.1 Å². The summed E-state index contributed by atoms with van der Waals surface area (Å²) in [6, 6.07) is 15.1. The molecule has 31 heavy (non-hydrogen) atoms. The van der Waals surface area contributed by atoms with E-state index in [-0.39, 0.29) is 29.9 Å². The van der Waals surface area contributed by atoms with Gasteiger partial charge in [0.2, 0.25) is 0 Å². The predicted octanol–water partition coefficient (Wildman–Crippen LogP) is 7.06. The van der Waals surface area contributed by atoms with Crippen LogP contribution < -0.4 is 0 Å². The molecular formula is C24H19F6N. The van der Waals surface area contributed by atoms with Gasteiger partial charge in [-0.05, 0) is 66.1 Å². The third-order valence-electron chi connectivity index (χ3n) is 5.79. The molecule has 0 bridgehead atoms. The molecule has 3 aromatic rings. The third kappa shape index (κ3) is 4.60. The van der Waals surface area contributed by atoms with E-state index in [4.69, 9.17) is 0 Å². The fraction of sp³-hybridized carbons (Fsp3) is 0.292. The third-order valence-corrected chi connectivity index (χ3v) is 5.79. The van der Waals surface area contributed by atoms with Crippen LogP contribution in [0, 0.1) is 5.92 Å². The highest BCUT2D eigenvalue weighted by atomic mass is 19.4. The van der Waals surface area contributed by atoms with Crippen LogP contribution in [0.25, 0.3) is 0 Å². The van der Waals surface area contributed by atoms with Gasteiger partial charge in [-0.15, -0.1) is 0 Å². The molecule has 2 unspecified atom stereocenters. The molecular weight excluding hydrogens is 416 g/mol. The maximum Gasteiger partial charge on any atom is 0.416 e. The number of aryl methyl sites for hydroxylation is 1. The lowest BCUT2D eigenvalue weighted by atomic mass is 9.71. The Balaban J connectivity index is 1.76. The second kappa shape index (κ2) is 8.02. The number of rotatable bonds is 3. The second-order valence-electron chi connectivity index (χ2n) is 7.84. The van der Waals surface area contributed by atoms with Gasteiger partial charge < -0.3 is 0 Å². The van der Waals surface area contributed by atoms with E-state index in [9.17, 15) is 26.3 Å². The molecule has 0 spiro atoms. The molecule has 7 heteroatoms. The maximum absolute atomic E-state index is 13.3. The molecule has 162 valence electrons. The number of hydrogen-bond donors (Lipinski definition) is 0. The van der Waals surface area contributed by atoms with E-state index in [1.807, 2.05) is 42.5 Å². The number of nitrogens with zero attached hydrogens (tertiary/aromatic N) is 1. The van der Waals surface area contributed by atoms with Crippen molar-refractivity contribution in [2.45, 2.75) is 37.5 Å². The van der Waals surface area contributed by atoms with Gasteiger partial charge in [0.15, 0.2) is 0 Å². The van der Waals surface area contributed by atoms with Crippen molar-refractivity contribution in [3.63, 3.8) is 0 Å². The van der Waals surface area contributed by atoms with E-state index in [0.29, 0.717) is 12.8 Å². The quantitative estimate of drug-likeness (QED) is 0.402. The Hall–Kier alpha value is -2.83. The normalized spacial score (nSPS) is 19.2. The van der Waals surface area contributed by atoms with Crippen LogP contribution in [-0.4, -0.2) is 4.98 Å². The monoisotopic (exact) mass is 435 g/mol. The number of aromatic nitrogens is 1. The van der Waals surface area contributed by atoms with Gasteiger partial charge in [0.25, 0.3) is 0 Å². The summed E-state index contributed by atoms with van der Waals surface area (Å²) in [6.45, 7) is 0. The van der Waals surface area contributed by atoms with Crippen LogP contribution in [0.15, 0.2) is 66.9 Å². The highest BCUT2D eigenvalue weighted by Gasteiger charge is 2.38. The first-order valence-electron chi connectivity index (χ1n) is 9.90. The number of alkyl halides is 6. The molecule has 1 aliphatic carbocycles. The zero-order chi connectivity index (χ0) is 22.2. The molecule has 0 radical (unpaired) electrons. The van der Waals surface area contributed by atoms with Gasteiger partial charge >= 0.3 is 12.4 Å². The van der Waals surface area contributed by atoms with Crippen molar-refractivity contribution in [3.8, 4) is 0 Å². The Morgan fingerprint density at radius 2 is 1.45 bits per heavy atom. The van der Waals surface area contributed by atoms with Crippen LogP contribution in [0.3, 0.4) is 0 Å². The summed E-state index contributed by atoms with van der Waals surface area (Å²) in [6.07, 6.45) is -6.63. The van der Waals surface area contributed by atoms with Crippen molar-refractivity contribution in [2.24, 2.45) is 5.92 Å². The largest absolute Gasteiger partial charge is 0.416 e. The summed E-state index contributed by atoms with van der Waals surface area (Å²) < 4.78 is 79.7. The van der Waals surface area contributed by atoms with Gasteiger partial charge in [0.1, 0.15) is 0 Å². The number of hydrogen-bond acceptors (Lipinski definition) is 1. The lowest BCUT2D eigenvalue weighted by Gasteiger charge is -2.34. The summed E-state index contributed by atoms with van der Waals surface area (Å²) in [7, 11) is 0. The molecule has 0 aliphatic heterocycles. The van der Waals surface area contributed by atoms with Crippen LogP contribution >= 0.6 is 0 Å². The Kier molecular flexibility index (Phi) is 5.54. The minimum Gasteiger partial charge on any atom is -0.261 e. The SMILES string of the molecule is FC(F)(F)c1cc(CC2CCc3ncccc3C2c2ccccc2)cc(C(F)(F)F)c1. The van der Waals surface area contributed by atoms with Crippen molar-refractivity contribution in [3.05, 3.63) is 100 Å². The molecule has 0 saturated heterocycles.